The lowest BCUT2D eigenvalue weighted by Crippen LogP contribution is -2.15. The summed E-state index contributed by atoms with van der Waals surface area (Å²) < 4.78 is 32.6. The zero-order chi connectivity index (χ0) is 27.3. The highest BCUT2D eigenvalue weighted by atomic mass is 35.5. The third kappa shape index (κ3) is 6.33. The van der Waals surface area contributed by atoms with Crippen molar-refractivity contribution in [1.29, 1.82) is 0 Å². The van der Waals surface area contributed by atoms with Crippen LogP contribution in [0.15, 0.2) is 70.8 Å². The predicted molar refractivity (Wildman–Crippen MR) is 148 cm³/mol. The van der Waals surface area contributed by atoms with Gasteiger partial charge < -0.3 is 15.8 Å². The Balaban J connectivity index is 1.49. The number of ether oxygens (including phenoxy) is 1. The number of nitrogens with two attached hydrogens (primary N) is 1. The number of anilines is 3. The Morgan fingerprint density at radius 3 is 2.32 bits per heavy atom. The second-order valence-electron chi connectivity index (χ2n) is 7.99. The number of aliphatic imine (C=N–C) groups is 1. The van der Waals surface area contributed by atoms with E-state index in [1.807, 2.05) is 19.1 Å². The first-order valence-corrected chi connectivity index (χ1v) is 13.3. The molecule has 4 aromatic rings. The molecule has 4 rings (SSSR count). The van der Waals surface area contributed by atoms with E-state index in [0.717, 1.165) is 16.8 Å². The summed E-state index contributed by atoms with van der Waals surface area (Å²) in [4.78, 5) is 21.2. The summed E-state index contributed by atoms with van der Waals surface area (Å²) in [6, 6.07) is 13.4. The standard InChI is InChI=1S/C25H25ClN8O3S/c1-4-21-22(16-5-7-17(26)8-6-16)23(27)33-25(32-21)31-15(2)30-18-9-11-20(12-10-18)38(35,36)34-24-28-13-19(37-3)14-29-24/h5-14H,4H2,1-3H3,(H,28,29,34)(H3,27,30,31,32,33). The van der Waals surface area contributed by atoms with Crippen LogP contribution in [0, 0.1) is 0 Å². The highest BCUT2D eigenvalue weighted by Crippen LogP contribution is 2.30. The smallest absolute Gasteiger partial charge is 0.264 e. The summed E-state index contributed by atoms with van der Waals surface area (Å²) in [5, 5.41) is 3.73. The molecule has 0 atom stereocenters. The SMILES string of the molecule is CCc1nc(/N=C(\C)Nc2ccc(S(=O)(=O)Nc3ncc(OC)cn3)cc2)nc(N)c1-c1ccc(Cl)cc1. The van der Waals surface area contributed by atoms with Gasteiger partial charge in [0.05, 0.1) is 30.1 Å². The van der Waals surface area contributed by atoms with Crippen molar-refractivity contribution in [2.45, 2.75) is 25.2 Å². The van der Waals surface area contributed by atoms with Gasteiger partial charge in [-0.15, -0.1) is 0 Å². The van der Waals surface area contributed by atoms with Crippen LogP contribution in [-0.4, -0.2) is 41.3 Å². The number of hydrogen-bond donors (Lipinski definition) is 3. The largest absolute Gasteiger partial charge is 0.494 e. The van der Waals surface area contributed by atoms with E-state index in [0.29, 0.717) is 34.5 Å². The molecule has 0 aliphatic rings. The number of aromatic nitrogens is 4. The fourth-order valence-electron chi connectivity index (χ4n) is 3.51. The van der Waals surface area contributed by atoms with Crippen molar-refractivity contribution in [2.75, 3.05) is 22.9 Å². The zero-order valence-corrected chi connectivity index (χ0v) is 22.4. The fourth-order valence-corrected chi connectivity index (χ4v) is 4.59. The Kier molecular flexibility index (Phi) is 8.03. The molecule has 4 N–H and O–H groups in total. The maximum Gasteiger partial charge on any atom is 0.264 e. The van der Waals surface area contributed by atoms with Gasteiger partial charge in [-0.2, -0.15) is 9.98 Å². The molecule has 0 unspecified atom stereocenters. The van der Waals surface area contributed by atoms with Gasteiger partial charge in [0.2, 0.25) is 5.95 Å². The molecule has 2 aromatic heterocycles. The molecule has 196 valence electrons. The van der Waals surface area contributed by atoms with Gasteiger partial charge in [0.1, 0.15) is 11.7 Å². The second-order valence-corrected chi connectivity index (χ2v) is 10.1. The van der Waals surface area contributed by atoms with Gasteiger partial charge in [-0.05, 0) is 55.3 Å². The Morgan fingerprint density at radius 2 is 1.71 bits per heavy atom. The van der Waals surface area contributed by atoms with Crippen molar-refractivity contribution in [1.82, 2.24) is 19.9 Å². The molecule has 0 radical (unpaired) electrons. The molecule has 11 nitrogen and oxygen atoms in total. The molecule has 0 spiro atoms. The van der Waals surface area contributed by atoms with Crippen LogP contribution in [0.3, 0.4) is 0 Å². The zero-order valence-electron chi connectivity index (χ0n) is 20.8. The Morgan fingerprint density at radius 1 is 1.05 bits per heavy atom. The summed E-state index contributed by atoms with van der Waals surface area (Å²) in [6.07, 6.45) is 3.36. The van der Waals surface area contributed by atoms with E-state index < -0.39 is 10.0 Å². The van der Waals surface area contributed by atoms with E-state index in [9.17, 15) is 8.42 Å². The van der Waals surface area contributed by atoms with Crippen LogP contribution >= 0.6 is 11.6 Å². The molecule has 0 aliphatic heterocycles. The maximum absolute atomic E-state index is 12.7. The molecule has 2 heterocycles. The van der Waals surface area contributed by atoms with Crippen molar-refractivity contribution >= 4 is 50.9 Å². The van der Waals surface area contributed by atoms with E-state index in [4.69, 9.17) is 22.1 Å². The van der Waals surface area contributed by atoms with Gasteiger partial charge in [0.25, 0.3) is 16.0 Å². The third-order valence-corrected chi connectivity index (χ3v) is 6.91. The number of benzene rings is 2. The van der Waals surface area contributed by atoms with Crippen LogP contribution in [0.25, 0.3) is 11.1 Å². The van der Waals surface area contributed by atoms with Gasteiger partial charge >= 0.3 is 0 Å². The van der Waals surface area contributed by atoms with E-state index in [1.165, 1.54) is 31.6 Å². The van der Waals surface area contributed by atoms with Crippen molar-refractivity contribution < 1.29 is 13.2 Å². The topological polar surface area (TPSA) is 157 Å². The molecule has 0 amide bonds. The number of aryl methyl sites for hydroxylation is 1. The van der Waals surface area contributed by atoms with Gasteiger partial charge in [-0.1, -0.05) is 30.7 Å². The molecule has 0 aliphatic carbocycles. The molecule has 2 aromatic carbocycles. The lowest BCUT2D eigenvalue weighted by molar-refractivity contribution is 0.411. The van der Waals surface area contributed by atoms with Crippen LogP contribution in [0.2, 0.25) is 5.02 Å². The van der Waals surface area contributed by atoms with Crippen molar-refractivity contribution in [3.63, 3.8) is 0 Å². The second kappa shape index (κ2) is 11.4. The molecule has 38 heavy (non-hydrogen) atoms. The molecule has 0 bridgehead atoms. The molecular formula is C25H25ClN8O3S. The highest BCUT2D eigenvalue weighted by Gasteiger charge is 2.16. The maximum atomic E-state index is 12.7. The fraction of sp³-hybridized carbons (Fsp3) is 0.160. The first-order valence-electron chi connectivity index (χ1n) is 11.4. The van der Waals surface area contributed by atoms with Gasteiger partial charge in [-0.3, -0.25) is 0 Å². The number of methoxy groups -OCH3 is 1. The first-order chi connectivity index (χ1) is 18.2. The van der Waals surface area contributed by atoms with Gasteiger partial charge in [0, 0.05) is 16.3 Å². The third-order valence-electron chi connectivity index (χ3n) is 5.31. The van der Waals surface area contributed by atoms with Crippen LogP contribution in [0.5, 0.6) is 5.75 Å². The summed E-state index contributed by atoms with van der Waals surface area (Å²) in [5.74, 6) is 1.37. The summed E-state index contributed by atoms with van der Waals surface area (Å²) in [7, 11) is -2.42. The Bertz CT molecular complexity index is 1560. The lowest BCUT2D eigenvalue weighted by atomic mass is 10.0. The highest BCUT2D eigenvalue weighted by molar-refractivity contribution is 7.92. The minimum atomic E-state index is -3.88. The molecular weight excluding hydrogens is 528 g/mol. The van der Waals surface area contributed by atoms with Gasteiger partial charge in [0.15, 0.2) is 5.75 Å². The average Bonchev–Trinajstić information content (AvgIpc) is 2.89. The van der Waals surface area contributed by atoms with E-state index in [1.54, 1.807) is 31.2 Å². The van der Waals surface area contributed by atoms with Crippen molar-refractivity contribution in [3.8, 4) is 16.9 Å². The molecule has 0 saturated carbocycles. The minimum Gasteiger partial charge on any atom is -0.494 e. The number of sulfonamides is 1. The summed E-state index contributed by atoms with van der Waals surface area (Å²) in [5.41, 5.74) is 9.27. The monoisotopic (exact) mass is 552 g/mol. The van der Waals surface area contributed by atoms with E-state index in [2.05, 4.69) is 35.0 Å². The molecule has 13 heteroatoms. The summed E-state index contributed by atoms with van der Waals surface area (Å²) >= 11 is 6.01. The molecule has 0 saturated heterocycles. The lowest BCUT2D eigenvalue weighted by Gasteiger charge is -2.12. The van der Waals surface area contributed by atoms with E-state index >= 15 is 0 Å². The predicted octanol–water partition coefficient (Wildman–Crippen LogP) is 4.70. The first kappa shape index (κ1) is 26.8. The number of hydrogen-bond acceptors (Lipinski definition) is 9. The number of halogens is 1. The number of amidine groups is 1. The van der Waals surface area contributed by atoms with Crippen LogP contribution in [0.1, 0.15) is 19.5 Å². The summed E-state index contributed by atoms with van der Waals surface area (Å²) in [6.45, 7) is 3.72. The van der Waals surface area contributed by atoms with Gasteiger partial charge in [-0.25, -0.2) is 28.1 Å². The van der Waals surface area contributed by atoms with Crippen LogP contribution in [0.4, 0.5) is 23.4 Å². The van der Waals surface area contributed by atoms with Crippen molar-refractivity contribution in [2.24, 2.45) is 4.99 Å². The number of nitrogen functional groups attached to an aromatic ring is 1. The number of nitrogens with zero attached hydrogens (tertiary/aromatic N) is 5. The Hall–Kier alpha value is -4.29. The quantitative estimate of drug-likeness (QED) is 0.208. The number of nitrogens with one attached hydrogen (secondary N) is 2. The molecule has 0 fully saturated rings. The van der Waals surface area contributed by atoms with Crippen LogP contribution in [-0.2, 0) is 16.4 Å². The average molecular weight is 553 g/mol. The van der Waals surface area contributed by atoms with Crippen molar-refractivity contribution in [3.05, 3.63) is 71.6 Å². The normalized spacial score (nSPS) is 11.7. The Labute approximate surface area is 225 Å². The number of rotatable bonds is 8. The van der Waals surface area contributed by atoms with E-state index in [-0.39, 0.29) is 16.8 Å². The van der Waals surface area contributed by atoms with Crippen LogP contribution < -0.4 is 20.5 Å². The minimum absolute atomic E-state index is 0.0403.